The zero-order valence-electron chi connectivity index (χ0n) is 7.01. The predicted molar refractivity (Wildman–Crippen MR) is 44.8 cm³/mol. The minimum Gasteiger partial charge on any atom is -0.504 e. The van der Waals surface area contributed by atoms with Crippen molar-refractivity contribution in [2.75, 3.05) is 0 Å². The van der Waals surface area contributed by atoms with E-state index in [1.54, 1.807) is 0 Å². The predicted octanol–water partition coefficient (Wildman–Crippen LogP) is -0.667. The van der Waals surface area contributed by atoms with Gasteiger partial charge < -0.3 is 15.3 Å². The summed E-state index contributed by atoms with van der Waals surface area (Å²) in [6.07, 6.45) is 0. The molecule has 0 unspecified atom stereocenters. The molecule has 4 nitrogen and oxygen atoms in total. The lowest BCUT2D eigenvalue weighted by Gasteiger charge is -2.07. The normalized spacial score (nSPS) is 10.1. The number of carboxylic acids is 1. The molecule has 0 aliphatic carbocycles. The van der Waals surface area contributed by atoms with Crippen LogP contribution in [0.1, 0.15) is 10.4 Å². The number of hydrogen-bond acceptors (Lipinski definition) is 3. The molecule has 14 heavy (non-hydrogen) atoms. The van der Waals surface area contributed by atoms with Gasteiger partial charge in [0.2, 0.25) is 0 Å². The van der Waals surface area contributed by atoms with Gasteiger partial charge in [0.15, 0.2) is 23.1 Å². The molecule has 0 bridgehead atoms. The van der Waals surface area contributed by atoms with Crippen molar-refractivity contribution < 1.29 is 28.9 Å². The zero-order chi connectivity index (χ0) is 11.0. The van der Waals surface area contributed by atoms with Crippen molar-refractivity contribution in [3.05, 3.63) is 17.2 Å². The highest BCUT2D eigenvalue weighted by Gasteiger charge is 2.25. The Morgan fingerprint density at radius 3 is 1.79 bits per heavy atom. The number of rotatable bonds is 1. The fourth-order valence-corrected chi connectivity index (χ4v) is 0.986. The van der Waals surface area contributed by atoms with E-state index in [-0.39, 0.29) is 0 Å². The van der Waals surface area contributed by atoms with E-state index in [0.29, 0.717) is 0 Å². The lowest BCUT2D eigenvalue weighted by Crippen LogP contribution is -2.17. The summed E-state index contributed by atoms with van der Waals surface area (Å²) in [6, 6.07) is 0. The summed E-state index contributed by atoms with van der Waals surface area (Å²) < 4.78 is 25.9. The highest BCUT2D eigenvalue weighted by molar-refractivity contribution is 6.33. The van der Waals surface area contributed by atoms with Crippen molar-refractivity contribution in [2.24, 2.45) is 0 Å². The van der Waals surface area contributed by atoms with Crippen molar-refractivity contribution in [2.45, 2.75) is 0 Å². The van der Waals surface area contributed by atoms with Crippen LogP contribution in [0.3, 0.4) is 0 Å². The maximum absolute atomic E-state index is 12.9. The van der Waals surface area contributed by atoms with Crippen LogP contribution in [0.25, 0.3) is 0 Å². The van der Waals surface area contributed by atoms with E-state index in [9.17, 15) is 13.6 Å². The number of hydrogen-bond donors (Lipinski definition) is 3. The average Bonchev–Trinajstić information content (AvgIpc) is 2.11. The minimum absolute atomic E-state index is 0.634. The third-order valence-corrected chi connectivity index (χ3v) is 1.76. The van der Waals surface area contributed by atoms with Gasteiger partial charge >= 0.3 is 5.97 Å². The molecule has 0 heterocycles. The van der Waals surface area contributed by atoms with E-state index >= 15 is 0 Å². The highest BCUT2D eigenvalue weighted by Crippen LogP contribution is 2.30. The van der Waals surface area contributed by atoms with Crippen LogP contribution in [0.15, 0.2) is 0 Å². The van der Waals surface area contributed by atoms with Gasteiger partial charge in [-0.25, -0.2) is 13.6 Å². The zero-order valence-corrected chi connectivity index (χ0v) is 7.01. The number of aromatic carboxylic acids is 1. The first-order valence-electron chi connectivity index (χ1n) is 3.50. The van der Waals surface area contributed by atoms with Crippen LogP contribution in [-0.2, 0) is 0 Å². The van der Waals surface area contributed by atoms with Gasteiger partial charge in [-0.3, -0.25) is 0 Å². The molecule has 0 radical (unpaired) electrons. The first-order chi connectivity index (χ1) is 6.37. The fourth-order valence-electron chi connectivity index (χ4n) is 0.986. The standard InChI is InChI=1S/C7H5BF2O4/c8-2-3(9)5(11)1(7(13)14)6(12)4(2)10/h11-12H,8H2,(H,13,14). The average molecular weight is 202 g/mol. The molecule has 0 aliphatic rings. The van der Waals surface area contributed by atoms with Crippen molar-refractivity contribution in [1.82, 2.24) is 0 Å². The molecule has 0 amide bonds. The Labute approximate surface area is 77.8 Å². The Morgan fingerprint density at radius 2 is 1.50 bits per heavy atom. The molecular weight excluding hydrogens is 197 g/mol. The number of phenols is 2. The smallest absolute Gasteiger partial charge is 0.343 e. The first-order valence-corrected chi connectivity index (χ1v) is 3.50. The second-order valence-corrected chi connectivity index (χ2v) is 2.63. The number of benzene rings is 1. The Morgan fingerprint density at radius 1 is 1.14 bits per heavy atom. The van der Waals surface area contributed by atoms with Gasteiger partial charge in [-0.1, -0.05) is 0 Å². The van der Waals surface area contributed by atoms with E-state index in [4.69, 9.17) is 15.3 Å². The summed E-state index contributed by atoms with van der Waals surface area (Å²) in [5.41, 5.74) is -1.81. The summed E-state index contributed by atoms with van der Waals surface area (Å²) in [6.45, 7) is 0. The van der Waals surface area contributed by atoms with E-state index in [2.05, 4.69) is 0 Å². The Hall–Kier alpha value is -1.79. The number of carboxylic acid groups (broad SMARTS) is 1. The van der Waals surface area contributed by atoms with E-state index in [1.165, 1.54) is 0 Å². The second kappa shape index (κ2) is 3.17. The third kappa shape index (κ3) is 1.26. The minimum atomic E-state index is -1.81. The number of halogens is 2. The molecule has 1 rings (SSSR count). The number of aromatic hydroxyl groups is 2. The lowest BCUT2D eigenvalue weighted by atomic mass is 9.92. The molecule has 0 saturated heterocycles. The highest BCUT2D eigenvalue weighted by atomic mass is 19.1. The number of carbonyl (C=O) groups is 1. The van der Waals surface area contributed by atoms with Crippen molar-refractivity contribution >= 4 is 19.3 Å². The summed E-state index contributed by atoms with van der Waals surface area (Å²) in [5, 5.41) is 26.4. The molecule has 0 aromatic heterocycles. The Balaban J connectivity index is 3.68. The van der Waals surface area contributed by atoms with Gasteiger partial charge in [-0.05, 0) is 5.46 Å². The molecular formula is C7H5BF2O4. The van der Waals surface area contributed by atoms with Gasteiger partial charge in [-0.2, -0.15) is 0 Å². The summed E-state index contributed by atoms with van der Waals surface area (Å²) in [4.78, 5) is 10.4. The lowest BCUT2D eigenvalue weighted by molar-refractivity contribution is 0.0688. The van der Waals surface area contributed by atoms with Gasteiger partial charge in [-0.15, -0.1) is 0 Å². The van der Waals surface area contributed by atoms with Crippen LogP contribution in [0, 0.1) is 11.6 Å². The molecule has 0 fully saturated rings. The van der Waals surface area contributed by atoms with Crippen LogP contribution in [-0.4, -0.2) is 29.1 Å². The molecule has 1 aromatic carbocycles. The molecule has 0 saturated carbocycles. The largest absolute Gasteiger partial charge is 0.504 e. The summed E-state index contributed by atoms with van der Waals surface area (Å²) in [7, 11) is 0.968. The van der Waals surface area contributed by atoms with E-state index in [1.807, 2.05) is 0 Å². The fraction of sp³-hybridized carbons (Fsp3) is 0. The molecule has 0 atom stereocenters. The Kier molecular flexibility index (Phi) is 2.33. The monoisotopic (exact) mass is 202 g/mol. The van der Waals surface area contributed by atoms with Crippen LogP contribution in [0.5, 0.6) is 11.5 Å². The van der Waals surface area contributed by atoms with Gasteiger partial charge in [0.25, 0.3) is 0 Å². The molecule has 0 aliphatic heterocycles. The summed E-state index contributed by atoms with van der Waals surface area (Å²) in [5.74, 6) is -7.13. The second-order valence-electron chi connectivity index (χ2n) is 2.63. The van der Waals surface area contributed by atoms with Crippen molar-refractivity contribution in [3.63, 3.8) is 0 Å². The first kappa shape index (κ1) is 10.3. The topological polar surface area (TPSA) is 77.8 Å². The van der Waals surface area contributed by atoms with Crippen molar-refractivity contribution in [1.29, 1.82) is 0 Å². The maximum atomic E-state index is 12.9. The van der Waals surface area contributed by atoms with Gasteiger partial charge in [0, 0.05) is 0 Å². The SMILES string of the molecule is Bc1c(F)c(O)c(C(=O)O)c(O)c1F. The van der Waals surface area contributed by atoms with Crippen molar-refractivity contribution in [3.8, 4) is 11.5 Å². The molecule has 7 heteroatoms. The molecule has 74 valence electrons. The Bertz CT molecular complexity index is 390. The van der Waals surface area contributed by atoms with E-state index in [0.717, 1.165) is 7.85 Å². The van der Waals surface area contributed by atoms with Crippen LogP contribution < -0.4 is 5.46 Å². The van der Waals surface area contributed by atoms with Gasteiger partial charge in [0.05, 0.1) is 0 Å². The van der Waals surface area contributed by atoms with Crippen LogP contribution in [0.4, 0.5) is 8.78 Å². The third-order valence-electron chi connectivity index (χ3n) is 1.76. The quantitative estimate of drug-likeness (QED) is 0.528. The van der Waals surface area contributed by atoms with Crippen LogP contribution >= 0.6 is 0 Å². The molecule has 0 spiro atoms. The van der Waals surface area contributed by atoms with Crippen LogP contribution in [0.2, 0.25) is 0 Å². The maximum Gasteiger partial charge on any atom is 0.343 e. The molecule has 1 aromatic rings. The van der Waals surface area contributed by atoms with Gasteiger partial charge in [0.1, 0.15) is 13.4 Å². The van der Waals surface area contributed by atoms with E-state index < -0.39 is 40.1 Å². The summed E-state index contributed by atoms with van der Waals surface area (Å²) >= 11 is 0. The molecule has 3 N–H and O–H groups in total.